The van der Waals surface area contributed by atoms with Gasteiger partial charge in [-0.2, -0.15) is 0 Å². The van der Waals surface area contributed by atoms with E-state index in [0.717, 1.165) is 5.57 Å². The lowest BCUT2D eigenvalue weighted by molar-refractivity contribution is -0.171. The van der Waals surface area contributed by atoms with Gasteiger partial charge in [0.2, 0.25) is 0 Å². The van der Waals surface area contributed by atoms with Crippen LogP contribution in [-0.2, 0) is 19.1 Å². The van der Waals surface area contributed by atoms with Crippen molar-refractivity contribution in [3.63, 3.8) is 0 Å². The second kappa shape index (κ2) is 8.41. The topological polar surface area (TPSA) is 92.0 Å². The smallest absolute Gasteiger partial charge is 0.336 e. The molecule has 0 unspecified atom stereocenters. The third kappa shape index (κ3) is 4.55. The lowest BCUT2D eigenvalue weighted by atomic mass is 9.93. The highest BCUT2D eigenvalue weighted by Gasteiger charge is 2.50. The van der Waals surface area contributed by atoms with Crippen molar-refractivity contribution >= 4 is 22.9 Å². The van der Waals surface area contributed by atoms with Gasteiger partial charge in [0.1, 0.15) is 16.9 Å². The molecule has 0 amide bonds. The highest BCUT2D eigenvalue weighted by molar-refractivity contribution is 5.89. The lowest BCUT2D eigenvalue weighted by Crippen LogP contribution is -2.46. The highest BCUT2D eigenvalue weighted by atomic mass is 16.6. The summed E-state index contributed by atoms with van der Waals surface area (Å²) in [6, 6.07) is 6.41. The van der Waals surface area contributed by atoms with E-state index in [1.54, 1.807) is 65.8 Å². The Balaban J connectivity index is 2.10. The second-order valence-electron chi connectivity index (χ2n) is 8.23. The molecule has 2 heterocycles. The van der Waals surface area contributed by atoms with Gasteiger partial charge < -0.3 is 18.6 Å². The summed E-state index contributed by atoms with van der Waals surface area (Å²) < 4.78 is 23.0. The van der Waals surface area contributed by atoms with Crippen LogP contribution in [0.15, 0.2) is 56.8 Å². The number of hydrogen-bond acceptors (Lipinski definition) is 7. The van der Waals surface area contributed by atoms with Gasteiger partial charge in [0.15, 0.2) is 12.2 Å². The summed E-state index contributed by atoms with van der Waals surface area (Å²) in [6.07, 6.45) is 1.20. The van der Waals surface area contributed by atoms with Gasteiger partial charge in [0, 0.05) is 23.1 Å². The number of ether oxygens (including phenoxy) is 3. The van der Waals surface area contributed by atoms with Crippen LogP contribution in [-0.4, -0.2) is 23.6 Å². The van der Waals surface area contributed by atoms with E-state index in [4.69, 9.17) is 18.6 Å². The van der Waals surface area contributed by atoms with Crippen molar-refractivity contribution in [3.8, 4) is 5.75 Å². The van der Waals surface area contributed by atoms with E-state index < -0.39 is 35.4 Å². The van der Waals surface area contributed by atoms with Crippen LogP contribution in [0.5, 0.6) is 5.75 Å². The van der Waals surface area contributed by atoms with Crippen molar-refractivity contribution in [2.24, 2.45) is 0 Å². The van der Waals surface area contributed by atoms with Gasteiger partial charge >= 0.3 is 17.6 Å². The number of benzene rings is 1. The van der Waals surface area contributed by atoms with Gasteiger partial charge in [-0.1, -0.05) is 11.6 Å². The molecule has 2 atom stereocenters. The van der Waals surface area contributed by atoms with E-state index in [2.05, 4.69) is 0 Å². The Hall–Kier alpha value is -3.35. The predicted molar refractivity (Wildman–Crippen MR) is 115 cm³/mol. The van der Waals surface area contributed by atoms with E-state index in [-0.39, 0.29) is 5.58 Å². The van der Waals surface area contributed by atoms with E-state index in [1.807, 2.05) is 0 Å². The first-order valence-corrected chi connectivity index (χ1v) is 9.98. The summed E-state index contributed by atoms with van der Waals surface area (Å²) in [4.78, 5) is 36.8. The summed E-state index contributed by atoms with van der Waals surface area (Å²) in [5.41, 5.74) is 0.203. The van der Waals surface area contributed by atoms with Crippen molar-refractivity contribution < 1.29 is 28.2 Å². The molecule has 31 heavy (non-hydrogen) atoms. The van der Waals surface area contributed by atoms with Crippen molar-refractivity contribution in [2.45, 2.75) is 59.4 Å². The average molecular weight is 426 g/mol. The molecule has 0 saturated carbocycles. The molecule has 1 aromatic carbocycles. The molecule has 3 rings (SSSR count). The molecular weight excluding hydrogens is 400 g/mol. The molecule has 0 aliphatic carbocycles. The average Bonchev–Trinajstić information content (AvgIpc) is 3.05. The van der Waals surface area contributed by atoms with E-state index in [9.17, 15) is 14.4 Å². The number of carbonyl (C=O) groups is 2. The monoisotopic (exact) mass is 426 g/mol. The zero-order chi connectivity index (χ0) is 22.9. The molecule has 0 N–H and O–H groups in total. The molecule has 164 valence electrons. The molecule has 0 saturated heterocycles. The van der Waals surface area contributed by atoms with Crippen LogP contribution in [0.1, 0.15) is 53.2 Å². The summed E-state index contributed by atoms with van der Waals surface area (Å²) in [7, 11) is 0. The Morgan fingerprint density at radius 2 is 1.77 bits per heavy atom. The molecule has 1 aromatic heterocycles. The number of fused-ring (bicyclic) bond motifs is 3. The zero-order valence-electron chi connectivity index (χ0n) is 18.5. The second-order valence-corrected chi connectivity index (χ2v) is 8.23. The molecular formula is C24H26O7. The fraction of sp³-hybridized carbons (Fsp3) is 0.375. The van der Waals surface area contributed by atoms with Gasteiger partial charge in [-0.25, -0.2) is 14.4 Å². The quantitative estimate of drug-likeness (QED) is 0.398. The van der Waals surface area contributed by atoms with Crippen LogP contribution in [0.3, 0.4) is 0 Å². The minimum Gasteiger partial charge on any atom is -0.481 e. The molecule has 0 bridgehead atoms. The number of esters is 2. The molecule has 7 nitrogen and oxygen atoms in total. The molecule has 2 aromatic rings. The number of carbonyl (C=O) groups excluding carboxylic acids is 2. The minimum atomic E-state index is -1.17. The first kappa shape index (κ1) is 22.3. The first-order chi connectivity index (χ1) is 14.5. The Kier molecular flexibility index (Phi) is 6.06. The van der Waals surface area contributed by atoms with Crippen LogP contribution >= 0.6 is 0 Å². The SMILES string of the molecule is C/C=C(/C)C(=O)O[C@@H]1c2c(ccc3ccc(=O)oc23)O[C@@H]1C(C)(C)OC(=O)C=C(C)C. The van der Waals surface area contributed by atoms with E-state index in [0.29, 0.717) is 22.3 Å². The maximum Gasteiger partial charge on any atom is 0.336 e. The van der Waals surface area contributed by atoms with Crippen molar-refractivity contribution in [1.82, 2.24) is 0 Å². The predicted octanol–water partition coefficient (Wildman–Crippen LogP) is 4.39. The highest BCUT2D eigenvalue weighted by Crippen LogP contribution is 2.47. The summed E-state index contributed by atoms with van der Waals surface area (Å²) in [5.74, 6) is -0.680. The fourth-order valence-corrected chi connectivity index (χ4v) is 3.39. The van der Waals surface area contributed by atoms with E-state index in [1.165, 1.54) is 12.1 Å². The summed E-state index contributed by atoms with van der Waals surface area (Å²) in [5, 5.41) is 0.658. The van der Waals surface area contributed by atoms with Gasteiger partial charge in [-0.05, 0) is 59.7 Å². The minimum absolute atomic E-state index is 0.273. The number of hydrogen-bond donors (Lipinski definition) is 0. The largest absolute Gasteiger partial charge is 0.481 e. The van der Waals surface area contributed by atoms with Gasteiger partial charge in [-0.3, -0.25) is 0 Å². The number of rotatable bonds is 5. The first-order valence-electron chi connectivity index (χ1n) is 9.98. The zero-order valence-corrected chi connectivity index (χ0v) is 18.5. The third-order valence-electron chi connectivity index (χ3n) is 5.05. The van der Waals surface area contributed by atoms with Crippen LogP contribution in [0.4, 0.5) is 0 Å². The molecule has 7 heteroatoms. The number of allylic oxidation sites excluding steroid dienone is 2. The van der Waals surface area contributed by atoms with Crippen molar-refractivity contribution in [3.05, 3.63) is 63.5 Å². The summed E-state index contributed by atoms with van der Waals surface area (Å²) in [6.45, 7) is 10.3. The maximum atomic E-state index is 12.6. The Labute approximate surface area is 180 Å². The van der Waals surface area contributed by atoms with Crippen molar-refractivity contribution in [1.29, 1.82) is 0 Å². The normalized spacial score (nSPS) is 18.2. The van der Waals surface area contributed by atoms with E-state index >= 15 is 0 Å². The fourth-order valence-electron chi connectivity index (χ4n) is 3.39. The lowest BCUT2D eigenvalue weighted by Gasteiger charge is -2.33. The molecule has 0 spiro atoms. The Bertz CT molecular complexity index is 1150. The van der Waals surface area contributed by atoms with Crippen LogP contribution in [0.2, 0.25) is 0 Å². The Morgan fingerprint density at radius 1 is 1.10 bits per heavy atom. The van der Waals surface area contributed by atoms with Crippen LogP contribution in [0, 0.1) is 0 Å². The standard InChI is InChI=1S/C24H26O7/c1-7-14(4)23(27)30-21-19-16(10-8-15-9-11-17(25)29-20(15)19)28-22(21)24(5,6)31-18(26)12-13(2)3/h7-12,21-22H,1-6H3/b14-7-/t21-,22+/m1/s1. The van der Waals surface area contributed by atoms with Crippen LogP contribution in [0.25, 0.3) is 11.0 Å². The Morgan fingerprint density at radius 3 is 2.42 bits per heavy atom. The third-order valence-corrected chi connectivity index (χ3v) is 5.05. The summed E-state index contributed by atoms with van der Waals surface area (Å²) >= 11 is 0. The van der Waals surface area contributed by atoms with Gasteiger partial charge in [0.25, 0.3) is 0 Å². The molecule has 1 aliphatic heterocycles. The molecule has 1 aliphatic rings. The maximum absolute atomic E-state index is 12.6. The van der Waals surface area contributed by atoms with Crippen LogP contribution < -0.4 is 10.4 Å². The van der Waals surface area contributed by atoms with Crippen molar-refractivity contribution in [2.75, 3.05) is 0 Å². The molecule has 0 radical (unpaired) electrons. The molecule has 0 fully saturated rings. The van der Waals surface area contributed by atoms with Gasteiger partial charge in [0.05, 0.1) is 5.56 Å². The van der Waals surface area contributed by atoms with Gasteiger partial charge in [-0.15, -0.1) is 0 Å².